The fourth-order valence-electron chi connectivity index (χ4n) is 3.21. The topological polar surface area (TPSA) is 99.1 Å². The lowest BCUT2D eigenvalue weighted by molar-refractivity contribution is -0.138. The molecule has 178 valence electrons. The summed E-state index contributed by atoms with van der Waals surface area (Å²) in [5.74, 6) is -0.361. The third kappa shape index (κ3) is 5.39. The number of hydrogen-bond acceptors (Lipinski definition) is 7. The Bertz CT molecular complexity index is 1240. The quantitative estimate of drug-likeness (QED) is 0.365. The van der Waals surface area contributed by atoms with Gasteiger partial charge >= 0.3 is 6.18 Å². The Morgan fingerprint density at radius 3 is 2.53 bits per heavy atom. The second-order valence-electron chi connectivity index (χ2n) is 7.25. The van der Waals surface area contributed by atoms with Gasteiger partial charge in [-0.05, 0) is 23.8 Å². The van der Waals surface area contributed by atoms with Crippen LogP contribution in [-0.2, 0) is 19.1 Å². The van der Waals surface area contributed by atoms with Gasteiger partial charge in [-0.1, -0.05) is 34.6 Å². The van der Waals surface area contributed by atoms with Gasteiger partial charge in [0.1, 0.15) is 19.0 Å². The number of rotatable bonds is 9. The van der Waals surface area contributed by atoms with Crippen LogP contribution in [0.25, 0.3) is 22.8 Å². The number of halogens is 4. The molecule has 0 amide bonds. The first-order chi connectivity index (χ1) is 16.4. The maximum atomic E-state index is 13.4. The van der Waals surface area contributed by atoms with Crippen LogP contribution in [0.3, 0.4) is 0 Å². The second kappa shape index (κ2) is 10.00. The van der Waals surface area contributed by atoms with Crippen LogP contribution in [-0.4, -0.2) is 50.1 Å². The predicted molar refractivity (Wildman–Crippen MR) is 112 cm³/mol. The van der Waals surface area contributed by atoms with E-state index in [4.69, 9.17) is 14.4 Å². The van der Waals surface area contributed by atoms with Gasteiger partial charge in [0, 0.05) is 30.4 Å². The van der Waals surface area contributed by atoms with E-state index in [0.717, 1.165) is 17.7 Å². The van der Waals surface area contributed by atoms with E-state index in [1.165, 1.54) is 6.07 Å². The highest BCUT2D eigenvalue weighted by Crippen LogP contribution is 2.38. The van der Waals surface area contributed by atoms with Crippen LogP contribution in [0.1, 0.15) is 16.8 Å². The van der Waals surface area contributed by atoms with Crippen molar-refractivity contribution in [2.75, 3.05) is 19.9 Å². The SMILES string of the molecule is OCCc1cn(Cc2ccc(-c3noc(-c4ccc(OCCF)c(C(F)(F)F)c4)n3)cc2)nn1. The first-order valence-corrected chi connectivity index (χ1v) is 10.2. The summed E-state index contributed by atoms with van der Waals surface area (Å²) in [6.45, 7) is -0.930. The molecular weight excluding hydrogens is 458 g/mol. The third-order valence-corrected chi connectivity index (χ3v) is 4.80. The van der Waals surface area contributed by atoms with Crippen molar-refractivity contribution in [2.24, 2.45) is 0 Å². The standard InChI is InChI=1S/C22H19F4N5O3/c23-8-10-33-19-6-5-16(11-18(19)22(24,25)26)21-27-20(29-34-21)15-3-1-14(2-4-15)12-31-13-17(7-9-32)28-30-31/h1-6,11,13,32H,7-10,12H2. The van der Waals surface area contributed by atoms with E-state index in [1.54, 1.807) is 23.0 Å². The number of benzene rings is 2. The normalized spacial score (nSPS) is 11.7. The molecule has 12 heteroatoms. The van der Waals surface area contributed by atoms with Gasteiger partial charge in [0.05, 0.1) is 17.8 Å². The smallest absolute Gasteiger partial charge is 0.419 e. The number of alkyl halides is 4. The lowest BCUT2D eigenvalue weighted by Gasteiger charge is -2.13. The molecule has 4 aromatic rings. The molecule has 34 heavy (non-hydrogen) atoms. The Morgan fingerprint density at radius 2 is 1.82 bits per heavy atom. The summed E-state index contributed by atoms with van der Waals surface area (Å²) < 4.78 is 64.2. The van der Waals surface area contributed by atoms with Gasteiger partial charge in [-0.25, -0.2) is 9.07 Å². The molecule has 0 radical (unpaired) electrons. The number of aromatic nitrogens is 5. The Balaban J connectivity index is 1.51. The predicted octanol–water partition coefficient (Wildman–Crippen LogP) is 3.95. The number of hydrogen-bond donors (Lipinski definition) is 1. The molecule has 8 nitrogen and oxygen atoms in total. The summed E-state index contributed by atoms with van der Waals surface area (Å²) in [4.78, 5) is 4.21. The van der Waals surface area contributed by atoms with Gasteiger partial charge in [0.25, 0.3) is 5.89 Å². The molecule has 2 aromatic heterocycles. The zero-order chi connectivity index (χ0) is 24.1. The molecule has 2 heterocycles. The number of aliphatic hydroxyl groups excluding tert-OH is 1. The number of nitrogens with zero attached hydrogens (tertiary/aromatic N) is 5. The largest absolute Gasteiger partial charge is 0.490 e. The minimum atomic E-state index is -4.71. The fourth-order valence-corrected chi connectivity index (χ4v) is 3.21. The molecule has 0 saturated heterocycles. The van der Waals surface area contributed by atoms with Gasteiger partial charge in [-0.15, -0.1) is 5.10 Å². The van der Waals surface area contributed by atoms with Gasteiger partial charge in [-0.3, -0.25) is 0 Å². The molecule has 2 aromatic carbocycles. The van der Waals surface area contributed by atoms with Crippen molar-refractivity contribution in [1.82, 2.24) is 25.1 Å². The summed E-state index contributed by atoms with van der Waals surface area (Å²) in [6, 6.07) is 10.4. The van der Waals surface area contributed by atoms with Crippen molar-refractivity contribution < 1.29 is 31.9 Å². The lowest BCUT2D eigenvalue weighted by Crippen LogP contribution is -2.10. The molecular formula is C22H19F4N5O3. The maximum Gasteiger partial charge on any atom is 0.419 e. The van der Waals surface area contributed by atoms with Crippen molar-refractivity contribution in [3.05, 3.63) is 65.5 Å². The van der Waals surface area contributed by atoms with E-state index in [2.05, 4.69) is 20.5 Å². The molecule has 0 aliphatic rings. The van der Waals surface area contributed by atoms with Gasteiger partial charge in [0.15, 0.2) is 0 Å². The number of aliphatic hydroxyl groups is 1. The van der Waals surface area contributed by atoms with E-state index in [0.29, 0.717) is 24.2 Å². The second-order valence-corrected chi connectivity index (χ2v) is 7.25. The lowest BCUT2D eigenvalue weighted by atomic mass is 10.1. The third-order valence-electron chi connectivity index (χ3n) is 4.80. The Morgan fingerprint density at radius 1 is 1.06 bits per heavy atom. The highest BCUT2D eigenvalue weighted by atomic mass is 19.4. The molecule has 1 N–H and O–H groups in total. The molecule has 0 unspecified atom stereocenters. The molecule has 0 spiro atoms. The minimum Gasteiger partial charge on any atom is -0.490 e. The molecule has 4 rings (SSSR count). The Kier molecular flexibility index (Phi) is 6.87. The average Bonchev–Trinajstić information content (AvgIpc) is 3.48. The summed E-state index contributed by atoms with van der Waals surface area (Å²) in [5, 5.41) is 20.8. The van der Waals surface area contributed by atoms with E-state index >= 15 is 0 Å². The first-order valence-electron chi connectivity index (χ1n) is 10.2. The number of ether oxygens (including phenoxy) is 1. The summed E-state index contributed by atoms with van der Waals surface area (Å²) in [5.41, 5.74) is 1.22. The monoisotopic (exact) mass is 477 g/mol. The van der Waals surface area contributed by atoms with Crippen molar-refractivity contribution in [3.8, 4) is 28.6 Å². The summed E-state index contributed by atoms with van der Waals surface area (Å²) >= 11 is 0. The van der Waals surface area contributed by atoms with E-state index in [-0.39, 0.29) is 23.9 Å². The molecule has 0 fully saturated rings. The van der Waals surface area contributed by atoms with E-state index < -0.39 is 30.8 Å². The minimum absolute atomic E-state index is 0.00530. The molecule has 0 aliphatic carbocycles. The Labute approximate surface area is 190 Å². The van der Waals surface area contributed by atoms with Gasteiger partial charge in [0.2, 0.25) is 5.82 Å². The van der Waals surface area contributed by atoms with Gasteiger partial charge < -0.3 is 14.4 Å². The average molecular weight is 477 g/mol. The first kappa shape index (κ1) is 23.4. The van der Waals surface area contributed by atoms with Crippen LogP contribution >= 0.6 is 0 Å². The summed E-state index contributed by atoms with van der Waals surface area (Å²) in [7, 11) is 0. The van der Waals surface area contributed by atoms with Gasteiger partial charge in [-0.2, -0.15) is 18.2 Å². The van der Waals surface area contributed by atoms with Crippen molar-refractivity contribution in [3.63, 3.8) is 0 Å². The van der Waals surface area contributed by atoms with E-state index in [1.807, 2.05) is 12.1 Å². The van der Waals surface area contributed by atoms with Crippen LogP contribution in [0.15, 0.2) is 53.2 Å². The van der Waals surface area contributed by atoms with Crippen molar-refractivity contribution >= 4 is 0 Å². The van der Waals surface area contributed by atoms with Crippen molar-refractivity contribution in [1.29, 1.82) is 0 Å². The summed E-state index contributed by atoms with van der Waals surface area (Å²) in [6.07, 6.45) is -2.53. The highest BCUT2D eigenvalue weighted by Gasteiger charge is 2.35. The molecule has 0 atom stereocenters. The Hall–Kier alpha value is -3.80. The van der Waals surface area contributed by atoms with E-state index in [9.17, 15) is 17.6 Å². The maximum absolute atomic E-state index is 13.4. The van der Waals surface area contributed by atoms with Crippen molar-refractivity contribution in [2.45, 2.75) is 19.1 Å². The van der Waals surface area contributed by atoms with Crippen LogP contribution < -0.4 is 4.74 Å². The molecule has 0 aliphatic heterocycles. The van der Waals surface area contributed by atoms with Crippen LogP contribution in [0, 0.1) is 0 Å². The zero-order valence-corrected chi connectivity index (χ0v) is 17.7. The van der Waals surface area contributed by atoms with Crippen LogP contribution in [0.4, 0.5) is 17.6 Å². The zero-order valence-electron chi connectivity index (χ0n) is 17.7. The highest BCUT2D eigenvalue weighted by molar-refractivity contribution is 5.62. The van der Waals surface area contributed by atoms with Crippen LogP contribution in [0.5, 0.6) is 5.75 Å². The molecule has 0 saturated carbocycles. The fraction of sp³-hybridized carbons (Fsp3) is 0.273. The molecule has 0 bridgehead atoms. The van der Waals surface area contributed by atoms with Crippen LogP contribution in [0.2, 0.25) is 0 Å².